The van der Waals surface area contributed by atoms with Gasteiger partial charge in [-0.05, 0) is 17.0 Å². The van der Waals surface area contributed by atoms with Gasteiger partial charge >= 0.3 is 0 Å². The van der Waals surface area contributed by atoms with E-state index in [9.17, 15) is 0 Å². The van der Waals surface area contributed by atoms with E-state index >= 15 is 0 Å². The summed E-state index contributed by atoms with van der Waals surface area (Å²) >= 11 is 0. The van der Waals surface area contributed by atoms with E-state index in [2.05, 4.69) is 95.6 Å². The van der Waals surface area contributed by atoms with Crippen LogP contribution in [0.5, 0.6) is 0 Å². The van der Waals surface area contributed by atoms with Crippen LogP contribution in [0.2, 0.25) is 0 Å². The van der Waals surface area contributed by atoms with Crippen LogP contribution in [0.1, 0.15) is 5.56 Å². The summed E-state index contributed by atoms with van der Waals surface area (Å²) in [4.78, 5) is 0. The highest BCUT2D eigenvalue weighted by atomic mass is 15.0. The van der Waals surface area contributed by atoms with Crippen molar-refractivity contribution >= 4 is 32.6 Å². The molecule has 0 aliphatic heterocycles. The van der Waals surface area contributed by atoms with Crippen molar-refractivity contribution in [2.24, 2.45) is 0 Å². The van der Waals surface area contributed by atoms with Crippen molar-refractivity contribution in [3.05, 3.63) is 96.6 Å². The average Bonchev–Trinajstić information content (AvgIpc) is 2.97. The van der Waals surface area contributed by atoms with Gasteiger partial charge in [-0.3, -0.25) is 0 Å². The van der Waals surface area contributed by atoms with Gasteiger partial charge in [-0.1, -0.05) is 84.9 Å². The molecule has 5 aromatic rings. The van der Waals surface area contributed by atoms with Crippen molar-refractivity contribution in [1.82, 2.24) is 4.57 Å². The molecule has 4 aromatic carbocycles. The third-order valence-electron chi connectivity index (χ3n) is 4.84. The van der Waals surface area contributed by atoms with Gasteiger partial charge in [-0.25, -0.2) is 0 Å². The van der Waals surface area contributed by atoms with Crippen LogP contribution in [0.4, 0.5) is 0 Å². The van der Waals surface area contributed by atoms with Crippen molar-refractivity contribution in [3.63, 3.8) is 0 Å². The van der Waals surface area contributed by atoms with E-state index in [1.54, 1.807) is 0 Å². The molecule has 0 aliphatic rings. The van der Waals surface area contributed by atoms with Crippen LogP contribution in [0.15, 0.2) is 91.0 Å². The van der Waals surface area contributed by atoms with Crippen LogP contribution in [-0.4, -0.2) is 4.57 Å². The number of benzene rings is 4. The minimum atomic E-state index is 0.888. The van der Waals surface area contributed by atoms with Gasteiger partial charge in [0.1, 0.15) is 0 Å². The summed E-state index contributed by atoms with van der Waals surface area (Å²) in [6.45, 7) is 0.888. The van der Waals surface area contributed by atoms with Crippen LogP contribution < -0.4 is 0 Å². The third kappa shape index (κ3) is 1.95. The van der Waals surface area contributed by atoms with Gasteiger partial charge in [0, 0.05) is 28.2 Å². The lowest BCUT2D eigenvalue weighted by Crippen LogP contribution is -1.99. The fourth-order valence-electron chi connectivity index (χ4n) is 3.75. The summed E-state index contributed by atoms with van der Waals surface area (Å²) in [5.74, 6) is 0. The normalized spacial score (nSPS) is 11.5. The van der Waals surface area contributed by atoms with Gasteiger partial charge in [0.15, 0.2) is 0 Å². The number of para-hydroxylation sites is 1. The van der Waals surface area contributed by atoms with Crippen molar-refractivity contribution in [1.29, 1.82) is 0 Å². The molecule has 1 heterocycles. The average molecular weight is 307 g/mol. The van der Waals surface area contributed by atoms with E-state index in [-0.39, 0.29) is 0 Å². The number of nitrogens with zero attached hydrogens (tertiary/aromatic N) is 1. The first-order chi connectivity index (χ1) is 11.9. The maximum Gasteiger partial charge on any atom is 0.0574 e. The monoisotopic (exact) mass is 307 g/mol. The molecule has 0 atom stereocenters. The zero-order valence-corrected chi connectivity index (χ0v) is 13.3. The number of rotatable bonds is 2. The van der Waals surface area contributed by atoms with Crippen LogP contribution in [0.25, 0.3) is 32.6 Å². The molecule has 1 aromatic heterocycles. The van der Waals surface area contributed by atoms with Gasteiger partial charge in [-0.15, -0.1) is 0 Å². The minimum Gasteiger partial charge on any atom is -0.335 e. The van der Waals surface area contributed by atoms with Crippen LogP contribution in [0.3, 0.4) is 0 Å². The first-order valence-corrected chi connectivity index (χ1v) is 8.34. The van der Waals surface area contributed by atoms with Crippen LogP contribution in [0, 0.1) is 0 Å². The Bertz CT molecular complexity index is 1170. The molecule has 0 aliphatic carbocycles. The zero-order valence-electron chi connectivity index (χ0n) is 13.3. The van der Waals surface area contributed by atoms with Gasteiger partial charge in [0.05, 0.1) is 5.52 Å². The molecular weight excluding hydrogens is 290 g/mol. The summed E-state index contributed by atoms with van der Waals surface area (Å²) in [6.07, 6.45) is 0. The summed E-state index contributed by atoms with van der Waals surface area (Å²) in [5.41, 5.74) is 3.96. The molecule has 1 nitrogen and oxygen atoms in total. The molecule has 0 bridgehead atoms. The van der Waals surface area contributed by atoms with E-state index < -0.39 is 0 Å². The van der Waals surface area contributed by atoms with E-state index in [1.165, 1.54) is 38.1 Å². The van der Waals surface area contributed by atoms with Crippen molar-refractivity contribution in [2.45, 2.75) is 6.54 Å². The fourth-order valence-corrected chi connectivity index (χ4v) is 3.75. The zero-order chi connectivity index (χ0) is 15.9. The second-order valence-corrected chi connectivity index (χ2v) is 6.27. The summed E-state index contributed by atoms with van der Waals surface area (Å²) in [5, 5.41) is 5.28. The number of hydrogen-bond donors (Lipinski definition) is 0. The van der Waals surface area contributed by atoms with Gasteiger partial charge in [0.25, 0.3) is 0 Å². The number of aromatic nitrogens is 1. The number of fused-ring (bicyclic) bond motifs is 5. The quantitative estimate of drug-likeness (QED) is 0.377. The van der Waals surface area contributed by atoms with Crippen LogP contribution >= 0.6 is 0 Å². The Balaban J connectivity index is 1.92. The predicted octanol–water partition coefficient (Wildman–Crippen LogP) is 6.00. The Morgan fingerprint density at radius 3 is 2.12 bits per heavy atom. The topological polar surface area (TPSA) is 4.93 Å². The highest BCUT2D eigenvalue weighted by molar-refractivity contribution is 6.17. The molecule has 0 amide bonds. The highest BCUT2D eigenvalue weighted by Crippen LogP contribution is 2.34. The molecule has 24 heavy (non-hydrogen) atoms. The van der Waals surface area contributed by atoms with Crippen molar-refractivity contribution in [3.8, 4) is 0 Å². The molecule has 0 fully saturated rings. The van der Waals surface area contributed by atoms with E-state index in [0.717, 1.165) is 6.54 Å². The molecule has 0 spiro atoms. The summed E-state index contributed by atoms with van der Waals surface area (Å²) < 4.78 is 2.46. The van der Waals surface area contributed by atoms with Gasteiger partial charge in [-0.2, -0.15) is 0 Å². The maximum absolute atomic E-state index is 2.46. The Hall–Kier alpha value is -3.06. The smallest absolute Gasteiger partial charge is 0.0574 e. The van der Waals surface area contributed by atoms with Gasteiger partial charge < -0.3 is 4.57 Å². The van der Waals surface area contributed by atoms with Crippen molar-refractivity contribution in [2.75, 3.05) is 0 Å². The Labute approximate surface area is 140 Å². The van der Waals surface area contributed by atoms with Crippen LogP contribution in [-0.2, 0) is 6.54 Å². The van der Waals surface area contributed by atoms with Gasteiger partial charge in [0.2, 0.25) is 0 Å². The molecular formula is C23H17N. The highest BCUT2D eigenvalue weighted by Gasteiger charge is 2.13. The largest absolute Gasteiger partial charge is 0.335 e. The molecule has 0 saturated carbocycles. The lowest BCUT2D eigenvalue weighted by Gasteiger charge is -2.09. The van der Waals surface area contributed by atoms with E-state index in [4.69, 9.17) is 0 Å². The Morgan fingerprint density at radius 2 is 1.25 bits per heavy atom. The second-order valence-electron chi connectivity index (χ2n) is 6.27. The fraction of sp³-hybridized carbons (Fsp3) is 0.0435. The summed E-state index contributed by atoms with van der Waals surface area (Å²) in [6, 6.07) is 32.6. The summed E-state index contributed by atoms with van der Waals surface area (Å²) in [7, 11) is 0. The first kappa shape index (κ1) is 13.4. The van der Waals surface area contributed by atoms with Crippen molar-refractivity contribution < 1.29 is 0 Å². The first-order valence-electron chi connectivity index (χ1n) is 8.34. The Kier molecular flexibility index (Phi) is 2.92. The van der Waals surface area contributed by atoms with E-state index in [0.29, 0.717) is 0 Å². The second kappa shape index (κ2) is 5.24. The maximum atomic E-state index is 2.46. The molecule has 1 heteroatoms. The Morgan fingerprint density at radius 1 is 0.542 bits per heavy atom. The molecule has 5 rings (SSSR count). The SMILES string of the molecule is c1ccc(Cn2c3ccccc3c3ccc4ccccc4c32)cc1. The lowest BCUT2D eigenvalue weighted by molar-refractivity contribution is 0.872. The molecule has 0 unspecified atom stereocenters. The number of hydrogen-bond acceptors (Lipinski definition) is 0. The predicted molar refractivity (Wildman–Crippen MR) is 102 cm³/mol. The molecule has 114 valence electrons. The lowest BCUT2D eigenvalue weighted by atomic mass is 10.1. The third-order valence-corrected chi connectivity index (χ3v) is 4.84. The molecule has 0 saturated heterocycles. The van der Waals surface area contributed by atoms with E-state index in [1.807, 2.05) is 0 Å². The molecule has 0 N–H and O–H groups in total. The minimum absolute atomic E-state index is 0.888. The standard InChI is InChI=1S/C23H17N/c1-2-8-17(9-3-1)16-24-22-13-7-6-12-20(22)21-15-14-18-10-4-5-11-19(18)23(21)24/h1-15H,16H2. The molecule has 0 radical (unpaired) electrons.